The minimum atomic E-state index is -1.74. The summed E-state index contributed by atoms with van der Waals surface area (Å²) < 4.78 is 23.7. The lowest BCUT2D eigenvalue weighted by Crippen LogP contribution is -2.13. The number of carbonyl (C=O) groups excluding carboxylic acids is 1. The zero-order valence-corrected chi connectivity index (χ0v) is 10.5. The number of carbonyl (C=O) groups is 1. The van der Waals surface area contributed by atoms with Gasteiger partial charge in [0.1, 0.15) is 5.75 Å². The summed E-state index contributed by atoms with van der Waals surface area (Å²) in [5, 5.41) is 0. The van der Waals surface area contributed by atoms with E-state index in [1.54, 1.807) is 40.0 Å². The highest BCUT2D eigenvalue weighted by atomic mass is 19.1. The van der Waals surface area contributed by atoms with Gasteiger partial charge in [-0.25, -0.2) is 9.18 Å². The maximum atomic E-state index is 13.9. The van der Waals surface area contributed by atoms with Crippen molar-refractivity contribution in [2.45, 2.75) is 26.9 Å². The van der Waals surface area contributed by atoms with Crippen molar-refractivity contribution in [1.82, 2.24) is 0 Å². The summed E-state index contributed by atoms with van der Waals surface area (Å²) >= 11 is 0. The number of methoxy groups -OCH3 is 1. The van der Waals surface area contributed by atoms with E-state index in [4.69, 9.17) is 4.74 Å². The molecular weight excluding hydrogens is 223 g/mol. The molecule has 0 fully saturated rings. The first-order valence-corrected chi connectivity index (χ1v) is 5.47. The van der Waals surface area contributed by atoms with E-state index in [1.807, 2.05) is 0 Å². The second-order valence-corrected chi connectivity index (χ2v) is 3.79. The van der Waals surface area contributed by atoms with E-state index in [-0.39, 0.29) is 6.61 Å². The second-order valence-electron chi connectivity index (χ2n) is 3.79. The van der Waals surface area contributed by atoms with Gasteiger partial charge in [-0.1, -0.05) is 0 Å². The third kappa shape index (κ3) is 2.96. The molecule has 0 aliphatic carbocycles. The van der Waals surface area contributed by atoms with Gasteiger partial charge in [0.15, 0.2) is 0 Å². The number of esters is 1. The van der Waals surface area contributed by atoms with E-state index < -0.39 is 12.1 Å². The number of alkyl halides is 1. The predicted octanol–water partition coefficient (Wildman–Crippen LogP) is 2.89. The van der Waals surface area contributed by atoms with Gasteiger partial charge in [-0.05, 0) is 44.0 Å². The van der Waals surface area contributed by atoms with Gasteiger partial charge in [-0.2, -0.15) is 0 Å². The Morgan fingerprint density at radius 2 is 2.00 bits per heavy atom. The first-order chi connectivity index (χ1) is 8.01. The Kier molecular flexibility index (Phi) is 4.49. The Labute approximate surface area is 101 Å². The molecule has 1 aromatic carbocycles. The van der Waals surface area contributed by atoms with Crippen LogP contribution in [0.1, 0.15) is 29.8 Å². The number of ether oxygens (including phenoxy) is 2. The summed E-state index contributed by atoms with van der Waals surface area (Å²) in [6.07, 6.45) is -1.74. The molecule has 4 heteroatoms. The summed E-state index contributed by atoms with van der Waals surface area (Å²) in [5.41, 5.74) is 1.80. The highest BCUT2D eigenvalue weighted by Gasteiger charge is 2.23. The van der Waals surface area contributed by atoms with E-state index in [9.17, 15) is 9.18 Å². The summed E-state index contributed by atoms with van der Waals surface area (Å²) in [7, 11) is 1.56. The minimum Gasteiger partial charge on any atom is -0.496 e. The van der Waals surface area contributed by atoms with Crippen molar-refractivity contribution in [3.05, 3.63) is 28.8 Å². The Balaban J connectivity index is 3.06. The first kappa shape index (κ1) is 13.5. The number of hydrogen-bond donors (Lipinski definition) is 0. The molecule has 0 saturated heterocycles. The van der Waals surface area contributed by atoms with Crippen LogP contribution in [-0.4, -0.2) is 19.7 Å². The number of benzene rings is 1. The van der Waals surface area contributed by atoms with Crippen molar-refractivity contribution >= 4 is 5.97 Å². The Morgan fingerprint density at radius 1 is 1.35 bits per heavy atom. The quantitative estimate of drug-likeness (QED) is 0.759. The standard InChI is InChI=1S/C13H17FO3/c1-5-17-13(15)12(14)10-6-9(3)11(16-4)7-8(10)2/h6-7,12H,5H2,1-4H3. The van der Waals surface area contributed by atoms with Crippen LogP contribution < -0.4 is 4.74 Å². The van der Waals surface area contributed by atoms with Gasteiger partial charge in [-0.3, -0.25) is 0 Å². The molecular formula is C13H17FO3. The van der Waals surface area contributed by atoms with Crippen molar-refractivity contribution in [2.75, 3.05) is 13.7 Å². The fraction of sp³-hybridized carbons (Fsp3) is 0.462. The molecule has 0 spiro atoms. The van der Waals surface area contributed by atoms with Crippen LogP contribution in [0.25, 0.3) is 0 Å². The van der Waals surface area contributed by atoms with E-state index in [0.717, 1.165) is 5.56 Å². The normalized spacial score (nSPS) is 12.1. The van der Waals surface area contributed by atoms with Crippen LogP contribution in [0.5, 0.6) is 5.75 Å². The fourth-order valence-corrected chi connectivity index (χ4v) is 1.65. The van der Waals surface area contributed by atoms with Crippen LogP contribution in [0.3, 0.4) is 0 Å². The van der Waals surface area contributed by atoms with Crippen LogP contribution in [-0.2, 0) is 9.53 Å². The lowest BCUT2D eigenvalue weighted by atomic mass is 10.0. The molecule has 0 aliphatic heterocycles. The van der Waals surface area contributed by atoms with Crippen LogP contribution in [0.4, 0.5) is 4.39 Å². The average molecular weight is 240 g/mol. The molecule has 0 aromatic heterocycles. The Hall–Kier alpha value is -1.58. The molecule has 0 radical (unpaired) electrons. The monoisotopic (exact) mass is 240 g/mol. The van der Waals surface area contributed by atoms with Crippen molar-refractivity contribution < 1.29 is 18.7 Å². The molecule has 94 valence electrons. The van der Waals surface area contributed by atoms with Crippen molar-refractivity contribution in [3.63, 3.8) is 0 Å². The van der Waals surface area contributed by atoms with Crippen LogP contribution in [0, 0.1) is 13.8 Å². The number of rotatable bonds is 4. The number of halogens is 1. The lowest BCUT2D eigenvalue weighted by Gasteiger charge is -2.13. The van der Waals surface area contributed by atoms with E-state index in [0.29, 0.717) is 16.9 Å². The molecule has 1 aromatic rings. The molecule has 1 unspecified atom stereocenters. The summed E-state index contributed by atoms with van der Waals surface area (Å²) in [5.74, 6) is -0.164. The van der Waals surface area contributed by atoms with Gasteiger partial charge in [0, 0.05) is 5.56 Å². The van der Waals surface area contributed by atoms with E-state index in [1.165, 1.54) is 0 Å². The zero-order valence-electron chi connectivity index (χ0n) is 10.5. The molecule has 0 amide bonds. The minimum absolute atomic E-state index is 0.174. The zero-order chi connectivity index (χ0) is 13.0. The molecule has 17 heavy (non-hydrogen) atoms. The third-order valence-corrected chi connectivity index (χ3v) is 2.55. The Bertz CT molecular complexity index is 415. The van der Waals surface area contributed by atoms with E-state index in [2.05, 4.69) is 4.74 Å². The topological polar surface area (TPSA) is 35.5 Å². The lowest BCUT2D eigenvalue weighted by molar-refractivity contribution is -0.149. The van der Waals surface area contributed by atoms with Gasteiger partial charge in [0.25, 0.3) is 0 Å². The second kappa shape index (κ2) is 5.66. The SMILES string of the molecule is CCOC(=O)C(F)c1cc(C)c(OC)cc1C. The first-order valence-electron chi connectivity index (χ1n) is 5.47. The number of aryl methyl sites for hydroxylation is 2. The van der Waals surface area contributed by atoms with Crippen LogP contribution >= 0.6 is 0 Å². The van der Waals surface area contributed by atoms with Crippen LogP contribution in [0.2, 0.25) is 0 Å². The third-order valence-electron chi connectivity index (χ3n) is 2.55. The fourth-order valence-electron chi connectivity index (χ4n) is 1.65. The molecule has 0 aliphatic rings. The van der Waals surface area contributed by atoms with Gasteiger partial charge in [-0.15, -0.1) is 0 Å². The molecule has 1 rings (SSSR count). The molecule has 0 saturated carbocycles. The van der Waals surface area contributed by atoms with Gasteiger partial charge in [0.2, 0.25) is 6.17 Å². The number of hydrogen-bond acceptors (Lipinski definition) is 3. The van der Waals surface area contributed by atoms with Gasteiger partial charge >= 0.3 is 5.97 Å². The van der Waals surface area contributed by atoms with Crippen molar-refractivity contribution in [1.29, 1.82) is 0 Å². The summed E-state index contributed by atoms with van der Waals surface area (Å²) in [6, 6.07) is 3.34. The maximum Gasteiger partial charge on any atom is 0.345 e. The summed E-state index contributed by atoms with van der Waals surface area (Å²) in [6.45, 7) is 5.37. The molecule has 0 bridgehead atoms. The predicted molar refractivity (Wildman–Crippen MR) is 63.0 cm³/mol. The van der Waals surface area contributed by atoms with Crippen molar-refractivity contribution in [3.8, 4) is 5.75 Å². The average Bonchev–Trinajstić information content (AvgIpc) is 2.31. The Morgan fingerprint density at radius 3 is 2.53 bits per heavy atom. The maximum absolute atomic E-state index is 13.9. The van der Waals surface area contributed by atoms with Gasteiger partial charge < -0.3 is 9.47 Å². The molecule has 3 nitrogen and oxygen atoms in total. The molecule has 1 atom stereocenters. The summed E-state index contributed by atoms with van der Waals surface area (Å²) in [4.78, 5) is 11.3. The highest BCUT2D eigenvalue weighted by Crippen LogP contribution is 2.29. The van der Waals surface area contributed by atoms with E-state index >= 15 is 0 Å². The smallest absolute Gasteiger partial charge is 0.345 e. The van der Waals surface area contributed by atoms with Crippen LogP contribution in [0.15, 0.2) is 12.1 Å². The molecule has 0 N–H and O–H groups in total. The van der Waals surface area contributed by atoms with Crippen molar-refractivity contribution in [2.24, 2.45) is 0 Å². The largest absolute Gasteiger partial charge is 0.496 e. The molecule has 0 heterocycles. The van der Waals surface area contributed by atoms with Gasteiger partial charge in [0.05, 0.1) is 13.7 Å². The highest BCUT2D eigenvalue weighted by molar-refractivity contribution is 5.77.